The topological polar surface area (TPSA) is 26.3 Å². The molecule has 0 amide bonds. The number of hydrogen-bond donors (Lipinski definition) is 0. The largest absolute Gasteiger partial charge is 0.375 e. The van der Waals surface area contributed by atoms with Crippen LogP contribution in [0.25, 0.3) is 0 Å². The van der Waals surface area contributed by atoms with E-state index >= 15 is 0 Å². The van der Waals surface area contributed by atoms with Crippen LogP contribution < -0.4 is 0 Å². The lowest BCUT2D eigenvalue weighted by Gasteiger charge is -2.27. The molecule has 15 heavy (non-hydrogen) atoms. The Labute approximate surface area is 94.4 Å². The second-order valence-electron chi connectivity index (χ2n) is 4.73. The van der Waals surface area contributed by atoms with E-state index in [4.69, 9.17) is 4.74 Å². The summed E-state index contributed by atoms with van der Waals surface area (Å²) in [5.41, 5.74) is 0.000871. The standard InChI is InChI=1S/C13H26O2/c1-6-13(5,7-2)15-10-8-9-12(14)11(3)4/h11H,6-10H2,1-5H3. The Bertz CT molecular complexity index is 181. The van der Waals surface area contributed by atoms with E-state index in [1.165, 1.54) is 0 Å². The highest BCUT2D eigenvalue weighted by atomic mass is 16.5. The van der Waals surface area contributed by atoms with Gasteiger partial charge in [-0.2, -0.15) is 0 Å². The van der Waals surface area contributed by atoms with Crippen molar-refractivity contribution in [2.45, 2.75) is 65.9 Å². The van der Waals surface area contributed by atoms with E-state index in [-0.39, 0.29) is 11.5 Å². The Morgan fingerprint density at radius 2 is 1.80 bits per heavy atom. The molecule has 2 nitrogen and oxygen atoms in total. The van der Waals surface area contributed by atoms with Crippen LogP contribution in [-0.4, -0.2) is 18.0 Å². The molecule has 2 heteroatoms. The van der Waals surface area contributed by atoms with Crippen molar-refractivity contribution in [2.24, 2.45) is 5.92 Å². The SMILES string of the molecule is CCC(C)(CC)OCCCC(=O)C(C)C. The van der Waals surface area contributed by atoms with Gasteiger partial charge in [0, 0.05) is 18.9 Å². The fourth-order valence-electron chi connectivity index (χ4n) is 1.31. The number of carbonyl (C=O) groups excluding carboxylic acids is 1. The summed E-state index contributed by atoms with van der Waals surface area (Å²) in [5.74, 6) is 0.502. The lowest BCUT2D eigenvalue weighted by molar-refractivity contribution is -0.122. The van der Waals surface area contributed by atoms with Gasteiger partial charge in [0.05, 0.1) is 5.60 Å². The molecule has 0 fully saturated rings. The molecule has 0 N–H and O–H groups in total. The van der Waals surface area contributed by atoms with Crippen molar-refractivity contribution in [2.75, 3.05) is 6.61 Å². The summed E-state index contributed by atoms with van der Waals surface area (Å²) in [6.07, 6.45) is 3.57. The first kappa shape index (κ1) is 14.6. The Kier molecular flexibility index (Phi) is 6.82. The number of ketones is 1. The van der Waals surface area contributed by atoms with Crippen LogP contribution in [-0.2, 0) is 9.53 Å². The number of carbonyl (C=O) groups is 1. The summed E-state index contributed by atoms with van der Waals surface area (Å²) in [7, 11) is 0. The molecule has 0 aromatic rings. The predicted octanol–water partition coefficient (Wildman–Crippen LogP) is 3.59. The fourth-order valence-corrected chi connectivity index (χ4v) is 1.31. The lowest BCUT2D eigenvalue weighted by atomic mass is 10.00. The van der Waals surface area contributed by atoms with Crippen LogP contribution in [0, 0.1) is 5.92 Å². The van der Waals surface area contributed by atoms with E-state index in [1.807, 2.05) is 13.8 Å². The van der Waals surface area contributed by atoms with E-state index in [2.05, 4.69) is 20.8 Å². The average molecular weight is 214 g/mol. The minimum atomic E-state index is 0.000871. The third-order valence-corrected chi connectivity index (χ3v) is 3.16. The molecule has 0 atom stereocenters. The summed E-state index contributed by atoms with van der Waals surface area (Å²) < 4.78 is 5.81. The molecule has 0 radical (unpaired) electrons. The third kappa shape index (κ3) is 5.93. The van der Waals surface area contributed by atoms with E-state index in [0.29, 0.717) is 18.8 Å². The third-order valence-electron chi connectivity index (χ3n) is 3.16. The Balaban J connectivity index is 3.66. The van der Waals surface area contributed by atoms with Gasteiger partial charge in [-0.25, -0.2) is 0 Å². The minimum Gasteiger partial charge on any atom is -0.375 e. The Morgan fingerprint density at radius 3 is 2.20 bits per heavy atom. The molecule has 90 valence electrons. The fraction of sp³-hybridized carbons (Fsp3) is 0.923. The predicted molar refractivity (Wildman–Crippen MR) is 64.0 cm³/mol. The number of Topliss-reactive ketones (excluding diaryl/α,β-unsaturated/α-hetero) is 1. The van der Waals surface area contributed by atoms with E-state index in [1.54, 1.807) is 0 Å². The van der Waals surface area contributed by atoms with Gasteiger partial charge < -0.3 is 4.74 Å². The zero-order valence-electron chi connectivity index (χ0n) is 10.9. The van der Waals surface area contributed by atoms with Gasteiger partial charge in [0.1, 0.15) is 5.78 Å². The molecule has 0 aliphatic heterocycles. The second kappa shape index (κ2) is 7.00. The van der Waals surface area contributed by atoms with E-state index < -0.39 is 0 Å². The Hall–Kier alpha value is -0.370. The van der Waals surface area contributed by atoms with Gasteiger partial charge >= 0.3 is 0 Å². The molecular formula is C13H26O2. The summed E-state index contributed by atoms with van der Waals surface area (Å²) in [5, 5.41) is 0. The highest BCUT2D eigenvalue weighted by Crippen LogP contribution is 2.19. The van der Waals surface area contributed by atoms with Crippen LogP contribution >= 0.6 is 0 Å². The van der Waals surface area contributed by atoms with Crippen LogP contribution in [0.5, 0.6) is 0 Å². The van der Waals surface area contributed by atoms with Crippen molar-refractivity contribution in [1.82, 2.24) is 0 Å². The van der Waals surface area contributed by atoms with Gasteiger partial charge in [-0.15, -0.1) is 0 Å². The first-order valence-corrected chi connectivity index (χ1v) is 6.12. The Morgan fingerprint density at radius 1 is 1.27 bits per heavy atom. The monoisotopic (exact) mass is 214 g/mol. The van der Waals surface area contributed by atoms with Crippen LogP contribution in [0.15, 0.2) is 0 Å². The highest BCUT2D eigenvalue weighted by Gasteiger charge is 2.19. The molecule has 0 aliphatic rings. The van der Waals surface area contributed by atoms with E-state index in [0.717, 1.165) is 19.3 Å². The molecule has 0 unspecified atom stereocenters. The average Bonchev–Trinajstić information content (AvgIpc) is 2.23. The van der Waals surface area contributed by atoms with Gasteiger partial charge in [-0.05, 0) is 26.2 Å². The number of ether oxygens (including phenoxy) is 1. The van der Waals surface area contributed by atoms with Gasteiger partial charge in [0.25, 0.3) is 0 Å². The molecule has 0 heterocycles. The molecule has 0 spiro atoms. The van der Waals surface area contributed by atoms with Crippen LogP contribution in [0.1, 0.15) is 60.3 Å². The number of rotatable bonds is 8. The van der Waals surface area contributed by atoms with Crippen molar-refractivity contribution in [3.63, 3.8) is 0 Å². The highest BCUT2D eigenvalue weighted by molar-refractivity contribution is 5.80. The molecule has 0 rings (SSSR count). The summed E-state index contributed by atoms with van der Waals surface area (Å²) in [6.45, 7) is 11.0. The minimum absolute atomic E-state index is 0.000871. The maximum Gasteiger partial charge on any atom is 0.135 e. The van der Waals surface area contributed by atoms with Gasteiger partial charge in [-0.3, -0.25) is 4.79 Å². The molecular weight excluding hydrogens is 188 g/mol. The summed E-state index contributed by atoms with van der Waals surface area (Å²) in [4.78, 5) is 11.4. The molecule has 0 aromatic heterocycles. The first-order chi connectivity index (χ1) is 6.95. The van der Waals surface area contributed by atoms with Crippen molar-refractivity contribution >= 4 is 5.78 Å². The van der Waals surface area contributed by atoms with Crippen LogP contribution in [0.4, 0.5) is 0 Å². The summed E-state index contributed by atoms with van der Waals surface area (Å²) >= 11 is 0. The van der Waals surface area contributed by atoms with Crippen molar-refractivity contribution < 1.29 is 9.53 Å². The zero-order chi connectivity index (χ0) is 11.9. The van der Waals surface area contributed by atoms with Crippen molar-refractivity contribution in [3.8, 4) is 0 Å². The van der Waals surface area contributed by atoms with E-state index in [9.17, 15) is 4.79 Å². The molecule has 0 aromatic carbocycles. The second-order valence-corrected chi connectivity index (χ2v) is 4.73. The van der Waals surface area contributed by atoms with Gasteiger partial charge in [0.2, 0.25) is 0 Å². The molecule has 0 saturated heterocycles. The van der Waals surface area contributed by atoms with Gasteiger partial charge in [-0.1, -0.05) is 27.7 Å². The first-order valence-electron chi connectivity index (χ1n) is 6.12. The summed E-state index contributed by atoms with van der Waals surface area (Å²) in [6, 6.07) is 0. The van der Waals surface area contributed by atoms with Crippen molar-refractivity contribution in [1.29, 1.82) is 0 Å². The number of hydrogen-bond acceptors (Lipinski definition) is 2. The zero-order valence-corrected chi connectivity index (χ0v) is 10.9. The normalized spacial score (nSPS) is 12.1. The maximum atomic E-state index is 11.4. The van der Waals surface area contributed by atoms with Crippen LogP contribution in [0.2, 0.25) is 0 Å². The molecule has 0 saturated carbocycles. The van der Waals surface area contributed by atoms with Crippen molar-refractivity contribution in [3.05, 3.63) is 0 Å². The maximum absolute atomic E-state index is 11.4. The smallest absolute Gasteiger partial charge is 0.135 e. The van der Waals surface area contributed by atoms with Gasteiger partial charge in [0.15, 0.2) is 0 Å². The molecule has 0 bridgehead atoms. The molecule has 0 aliphatic carbocycles. The quantitative estimate of drug-likeness (QED) is 0.577. The van der Waals surface area contributed by atoms with Crippen LogP contribution in [0.3, 0.4) is 0 Å². The lowest BCUT2D eigenvalue weighted by Crippen LogP contribution is -2.27.